The van der Waals surface area contributed by atoms with Crippen LogP contribution >= 0.6 is 11.6 Å². The average Bonchev–Trinajstić information content (AvgIpc) is 3.15. The van der Waals surface area contributed by atoms with Gasteiger partial charge in [0, 0.05) is 17.6 Å². The molecule has 2 aromatic rings. The predicted molar refractivity (Wildman–Crippen MR) is 111 cm³/mol. The minimum absolute atomic E-state index is 0.00954. The van der Waals surface area contributed by atoms with Crippen LogP contribution in [-0.2, 0) is 14.3 Å². The molecule has 2 heterocycles. The molecule has 10 nitrogen and oxygen atoms in total. The number of benzene rings is 1. The highest BCUT2D eigenvalue weighted by Gasteiger charge is 2.40. The molecule has 11 heteroatoms. The summed E-state index contributed by atoms with van der Waals surface area (Å²) < 4.78 is 10.0. The number of rotatable bonds is 5. The number of esters is 1. The van der Waals surface area contributed by atoms with Crippen molar-refractivity contribution in [1.29, 1.82) is 5.26 Å². The summed E-state index contributed by atoms with van der Waals surface area (Å²) in [6.07, 6.45) is 0. The molecule has 31 heavy (non-hydrogen) atoms. The van der Waals surface area contributed by atoms with E-state index in [1.807, 2.05) is 0 Å². The normalized spacial score (nSPS) is 16.2. The lowest BCUT2D eigenvalue weighted by Gasteiger charge is -2.34. The van der Waals surface area contributed by atoms with E-state index in [1.165, 1.54) is 11.8 Å². The van der Waals surface area contributed by atoms with E-state index in [2.05, 4.69) is 21.7 Å². The third-order valence-electron chi connectivity index (χ3n) is 4.62. The molecule has 0 saturated heterocycles. The van der Waals surface area contributed by atoms with Crippen molar-refractivity contribution in [1.82, 2.24) is 10.3 Å². The van der Waals surface area contributed by atoms with Gasteiger partial charge >= 0.3 is 5.97 Å². The van der Waals surface area contributed by atoms with E-state index >= 15 is 0 Å². The topological polar surface area (TPSA) is 147 Å². The fraction of sp³-hybridized carbons (Fsp3) is 0.250. The third-order valence-corrected chi connectivity index (χ3v) is 4.87. The van der Waals surface area contributed by atoms with Crippen LogP contribution in [0.1, 0.15) is 32.3 Å². The average molecular weight is 443 g/mol. The number of amides is 1. The van der Waals surface area contributed by atoms with Crippen LogP contribution < -0.4 is 16.0 Å². The molecule has 0 spiro atoms. The second-order valence-electron chi connectivity index (χ2n) is 6.57. The summed E-state index contributed by atoms with van der Waals surface area (Å²) >= 11 is 6.00. The second kappa shape index (κ2) is 8.89. The van der Waals surface area contributed by atoms with E-state index in [-0.39, 0.29) is 35.2 Å². The Morgan fingerprint density at radius 2 is 2.03 bits per heavy atom. The van der Waals surface area contributed by atoms with Crippen LogP contribution in [0.5, 0.6) is 0 Å². The molecule has 1 aromatic heterocycles. The number of hydrogen-bond donors (Lipinski definition) is 2. The molecule has 3 rings (SSSR count). The van der Waals surface area contributed by atoms with Gasteiger partial charge in [-0.05, 0) is 41.9 Å². The zero-order valence-electron chi connectivity index (χ0n) is 17.0. The smallest absolute Gasteiger partial charge is 0.336 e. The predicted octanol–water partition coefficient (Wildman–Crippen LogP) is 2.82. The Bertz CT molecular complexity index is 1130. The second-order valence-corrected chi connectivity index (χ2v) is 7.00. The number of nitriles is 1. The van der Waals surface area contributed by atoms with Crippen LogP contribution in [0.3, 0.4) is 0 Å². The summed E-state index contributed by atoms with van der Waals surface area (Å²) in [6, 6.07) is 8.82. The monoisotopic (exact) mass is 442 g/mol. The van der Waals surface area contributed by atoms with Crippen molar-refractivity contribution >= 4 is 35.1 Å². The van der Waals surface area contributed by atoms with Crippen molar-refractivity contribution in [2.75, 3.05) is 16.8 Å². The Morgan fingerprint density at radius 1 is 1.35 bits per heavy atom. The highest BCUT2D eigenvalue weighted by molar-refractivity contribution is 6.30. The highest BCUT2D eigenvalue weighted by Crippen LogP contribution is 2.43. The van der Waals surface area contributed by atoms with Gasteiger partial charge in [0.1, 0.15) is 5.82 Å². The lowest BCUT2D eigenvalue weighted by molar-refractivity contribution is -0.138. The summed E-state index contributed by atoms with van der Waals surface area (Å²) in [5.74, 6) is -1.81. The van der Waals surface area contributed by atoms with Crippen LogP contribution in [0.2, 0.25) is 5.02 Å². The SMILES string of the molecule is CCOC(=O)C1=C(C)N(c2nonc2NC(C)=O)C(N)=C(C#N)C1c1ccc(Cl)cc1. The van der Waals surface area contributed by atoms with E-state index in [4.69, 9.17) is 26.7 Å². The maximum atomic E-state index is 13.0. The first kappa shape index (κ1) is 21.9. The molecule has 0 saturated carbocycles. The molecule has 1 unspecified atom stereocenters. The van der Waals surface area contributed by atoms with Gasteiger partial charge in [0.25, 0.3) is 0 Å². The quantitative estimate of drug-likeness (QED) is 0.666. The van der Waals surface area contributed by atoms with Crippen molar-refractivity contribution in [3.63, 3.8) is 0 Å². The number of nitrogens with two attached hydrogens (primary N) is 1. The number of carbonyl (C=O) groups is 2. The van der Waals surface area contributed by atoms with Gasteiger partial charge in [-0.1, -0.05) is 23.7 Å². The molecule has 1 aromatic carbocycles. The first-order valence-corrected chi connectivity index (χ1v) is 9.61. The maximum absolute atomic E-state index is 13.0. The van der Waals surface area contributed by atoms with Crippen LogP contribution in [0, 0.1) is 11.3 Å². The van der Waals surface area contributed by atoms with Crippen molar-refractivity contribution in [2.24, 2.45) is 5.73 Å². The molecule has 0 radical (unpaired) electrons. The molecular formula is C20H19ClN6O4. The van der Waals surface area contributed by atoms with Crippen LogP contribution in [0.25, 0.3) is 0 Å². The number of hydrogen-bond acceptors (Lipinski definition) is 9. The molecular weight excluding hydrogens is 424 g/mol. The number of carbonyl (C=O) groups excluding carboxylic acids is 2. The van der Waals surface area contributed by atoms with Gasteiger partial charge in [0.2, 0.25) is 17.5 Å². The Balaban J connectivity index is 2.25. The molecule has 0 bridgehead atoms. The Labute approximate surface area is 182 Å². The van der Waals surface area contributed by atoms with E-state index in [0.717, 1.165) is 0 Å². The minimum Gasteiger partial charge on any atom is -0.463 e. The Morgan fingerprint density at radius 3 is 2.61 bits per heavy atom. The molecule has 0 fully saturated rings. The lowest BCUT2D eigenvalue weighted by atomic mass is 9.81. The summed E-state index contributed by atoms with van der Waals surface area (Å²) in [5.41, 5.74) is 7.61. The van der Waals surface area contributed by atoms with E-state index in [1.54, 1.807) is 38.1 Å². The minimum atomic E-state index is -0.790. The van der Waals surface area contributed by atoms with Crippen LogP contribution in [0.4, 0.5) is 11.6 Å². The largest absolute Gasteiger partial charge is 0.463 e. The number of allylic oxidation sites excluding steroid dienone is 2. The molecule has 160 valence electrons. The van der Waals surface area contributed by atoms with E-state index in [0.29, 0.717) is 16.3 Å². The van der Waals surface area contributed by atoms with Crippen LogP contribution in [0.15, 0.2) is 51.6 Å². The summed E-state index contributed by atoms with van der Waals surface area (Å²) in [6.45, 7) is 4.73. The number of nitrogens with zero attached hydrogens (tertiary/aromatic N) is 4. The van der Waals surface area contributed by atoms with E-state index < -0.39 is 17.8 Å². The molecule has 1 aliphatic heterocycles. The van der Waals surface area contributed by atoms with Crippen molar-refractivity contribution in [3.8, 4) is 6.07 Å². The molecule has 1 amide bonds. The number of aromatic nitrogens is 2. The molecule has 3 N–H and O–H groups in total. The summed E-state index contributed by atoms with van der Waals surface area (Å²) in [4.78, 5) is 25.8. The van der Waals surface area contributed by atoms with Crippen molar-refractivity contribution < 1.29 is 19.0 Å². The van der Waals surface area contributed by atoms with Gasteiger partial charge in [0.05, 0.1) is 29.7 Å². The number of nitrogens with one attached hydrogen (secondary N) is 1. The first-order valence-electron chi connectivity index (χ1n) is 9.23. The van der Waals surface area contributed by atoms with Gasteiger partial charge in [0.15, 0.2) is 0 Å². The first-order chi connectivity index (χ1) is 14.8. The number of ether oxygens (including phenoxy) is 1. The van der Waals surface area contributed by atoms with Gasteiger partial charge in [-0.25, -0.2) is 9.42 Å². The number of anilines is 2. The van der Waals surface area contributed by atoms with Gasteiger partial charge < -0.3 is 15.8 Å². The van der Waals surface area contributed by atoms with E-state index in [9.17, 15) is 14.9 Å². The Hall–Kier alpha value is -3.84. The third kappa shape index (κ3) is 4.08. The summed E-state index contributed by atoms with van der Waals surface area (Å²) in [5, 5.41) is 20.4. The van der Waals surface area contributed by atoms with Gasteiger partial charge in [-0.3, -0.25) is 9.69 Å². The van der Waals surface area contributed by atoms with Crippen LogP contribution in [-0.4, -0.2) is 28.8 Å². The molecule has 1 aliphatic rings. The van der Waals surface area contributed by atoms with Crippen molar-refractivity contribution in [3.05, 3.63) is 57.5 Å². The fourth-order valence-corrected chi connectivity index (χ4v) is 3.48. The molecule has 0 aliphatic carbocycles. The standard InChI is InChI=1S/C20H19ClN6O4/c1-4-30-20(29)15-10(2)27(19-18(24-11(3)28)25-31-26-19)17(23)14(9-22)16(15)12-5-7-13(21)8-6-12/h5-8,16H,4,23H2,1-3H3,(H,24,25,28). The zero-order chi connectivity index (χ0) is 22.7. The number of halogens is 1. The highest BCUT2D eigenvalue weighted by atomic mass is 35.5. The molecule has 1 atom stereocenters. The lowest BCUT2D eigenvalue weighted by Crippen LogP contribution is -2.37. The summed E-state index contributed by atoms with van der Waals surface area (Å²) in [7, 11) is 0. The van der Waals surface area contributed by atoms with Gasteiger partial charge in [-0.15, -0.1) is 0 Å². The van der Waals surface area contributed by atoms with Crippen molar-refractivity contribution in [2.45, 2.75) is 26.7 Å². The Kier molecular flexibility index (Phi) is 6.27. The van der Waals surface area contributed by atoms with Gasteiger partial charge in [-0.2, -0.15) is 5.26 Å². The maximum Gasteiger partial charge on any atom is 0.336 e. The zero-order valence-corrected chi connectivity index (χ0v) is 17.7. The fourth-order valence-electron chi connectivity index (χ4n) is 3.36.